The van der Waals surface area contributed by atoms with Gasteiger partial charge in [0.25, 0.3) is 0 Å². The van der Waals surface area contributed by atoms with Crippen LogP contribution < -0.4 is 0 Å². The predicted octanol–water partition coefficient (Wildman–Crippen LogP) is 18.7. The molecular weight excluding hydrogens is 661 g/mol. The Balaban J connectivity index is 0.000000195. The lowest BCUT2D eigenvalue weighted by atomic mass is 9.77. The largest absolute Gasteiger partial charge is 0.0949 e. The van der Waals surface area contributed by atoms with Crippen molar-refractivity contribution in [2.45, 2.75) is 169 Å². The summed E-state index contributed by atoms with van der Waals surface area (Å²) in [5.74, 6) is 0.976. The zero-order valence-corrected chi connectivity index (χ0v) is 35.9. The highest BCUT2D eigenvalue weighted by Crippen LogP contribution is 2.50. The molecule has 0 amide bonds. The zero-order chi connectivity index (χ0) is 39.3. The van der Waals surface area contributed by atoms with Crippen molar-refractivity contribution in [1.82, 2.24) is 0 Å². The van der Waals surface area contributed by atoms with Gasteiger partial charge in [-0.05, 0) is 106 Å². The van der Waals surface area contributed by atoms with Gasteiger partial charge in [0.15, 0.2) is 0 Å². The Morgan fingerprint density at radius 2 is 0.618 bits per heavy atom. The van der Waals surface area contributed by atoms with E-state index >= 15 is 0 Å². The lowest BCUT2D eigenvalue weighted by Crippen LogP contribution is -2.02. The molecule has 5 aromatic carbocycles. The lowest BCUT2D eigenvalue weighted by Gasteiger charge is -2.27. The molecule has 0 N–H and O–H groups in total. The Labute approximate surface area is 336 Å². The molecule has 0 spiro atoms. The van der Waals surface area contributed by atoms with Crippen molar-refractivity contribution in [1.29, 1.82) is 0 Å². The number of benzene rings is 5. The topological polar surface area (TPSA) is 0 Å². The Morgan fingerprint density at radius 1 is 0.364 bits per heavy atom. The van der Waals surface area contributed by atoms with Gasteiger partial charge in [-0.15, -0.1) is 0 Å². The van der Waals surface area contributed by atoms with Crippen molar-refractivity contribution in [2.75, 3.05) is 0 Å². The Kier molecular flexibility index (Phi) is 16.3. The molecule has 0 radical (unpaired) electrons. The molecule has 0 heterocycles. The second-order valence-electron chi connectivity index (χ2n) is 17.2. The number of rotatable bonds is 18. The lowest BCUT2D eigenvalue weighted by molar-refractivity contribution is 0.436. The van der Waals surface area contributed by atoms with E-state index < -0.39 is 0 Å². The van der Waals surface area contributed by atoms with Crippen molar-refractivity contribution in [3.8, 4) is 0 Å². The molecule has 0 heteroatoms. The second kappa shape index (κ2) is 21.0. The van der Waals surface area contributed by atoms with Gasteiger partial charge in [0.05, 0.1) is 0 Å². The summed E-state index contributed by atoms with van der Waals surface area (Å²) in [4.78, 5) is 0. The molecule has 0 aliphatic heterocycles. The molecular formula is C55H74. The molecule has 55 heavy (non-hydrogen) atoms. The maximum Gasteiger partial charge on any atom is -0.00141 e. The Hall–Kier alpha value is -3.64. The number of hydrogen-bond acceptors (Lipinski definition) is 0. The zero-order valence-electron chi connectivity index (χ0n) is 35.9. The van der Waals surface area contributed by atoms with Gasteiger partial charge in [-0.1, -0.05) is 231 Å². The highest BCUT2D eigenvalue weighted by Gasteiger charge is 2.25. The normalized spacial score (nSPS) is 13.6. The van der Waals surface area contributed by atoms with Crippen LogP contribution in [-0.4, -0.2) is 0 Å². The molecule has 2 aliphatic carbocycles. The first-order valence-corrected chi connectivity index (χ1v) is 22.7. The van der Waals surface area contributed by atoms with Crippen LogP contribution >= 0.6 is 0 Å². The third-order valence-corrected chi connectivity index (χ3v) is 12.6. The summed E-state index contributed by atoms with van der Waals surface area (Å²) in [5, 5.41) is 10.6. The number of hydrogen-bond donors (Lipinski definition) is 0. The van der Waals surface area contributed by atoms with E-state index in [1.165, 1.54) is 210 Å². The van der Waals surface area contributed by atoms with E-state index in [0.29, 0.717) is 0 Å². The van der Waals surface area contributed by atoms with Crippen LogP contribution in [0.3, 0.4) is 0 Å². The molecule has 0 fully saturated rings. The van der Waals surface area contributed by atoms with Gasteiger partial charge in [-0.3, -0.25) is 0 Å². The summed E-state index contributed by atoms with van der Waals surface area (Å²) in [5.41, 5.74) is 9.75. The molecule has 0 unspecified atom stereocenters. The van der Waals surface area contributed by atoms with Crippen LogP contribution in [0.4, 0.5) is 0 Å². The molecule has 5 aromatic rings. The third kappa shape index (κ3) is 10.0. The van der Waals surface area contributed by atoms with Crippen LogP contribution in [0.15, 0.2) is 74.8 Å². The summed E-state index contributed by atoms with van der Waals surface area (Å²) in [6.07, 6.45) is 29.0. The van der Waals surface area contributed by atoms with Crippen LogP contribution in [0, 0.1) is 5.92 Å². The van der Waals surface area contributed by atoms with Gasteiger partial charge in [-0.2, -0.15) is 0 Å². The van der Waals surface area contributed by atoms with Crippen LogP contribution in [0.5, 0.6) is 0 Å². The van der Waals surface area contributed by atoms with Gasteiger partial charge >= 0.3 is 0 Å². The fourth-order valence-corrected chi connectivity index (χ4v) is 9.33. The SMILES string of the molecule is C=C1CC(=C)c2ccc3c4ccc5c6c(ccc(c7ccc1c2c73)c64)C(=C)CC5=C.CCCCCCC(C)CCCCCC.CCCCCCCCCCC. The van der Waals surface area contributed by atoms with E-state index in [1.807, 2.05) is 0 Å². The first kappa shape index (κ1) is 42.5. The molecule has 0 atom stereocenters. The third-order valence-electron chi connectivity index (χ3n) is 12.6. The predicted molar refractivity (Wildman–Crippen MR) is 253 cm³/mol. The fourth-order valence-electron chi connectivity index (χ4n) is 9.33. The average Bonchev–Trinajstić information content (AvgIpc) is 3.19. The van der Waals surface area contributed by atoms with Crippen LogP contribution in [0.1, 0.15) is 192 Å². The molecule has 2 aliphatic rings. The molecule has 7 rings (SSSR count). The van der Waals surface area contributed by atoms with Gasteiger partial charge in [0.1, 0.15) is 0 Å². The minimum absolute atomic E-state index is 0.851. The maximum absolute atomic E-state index is 4.35. The second-order valence-corrected chi connectivity index (χ2v) is 17.2. The summed E-state index contributed by atoms with van der Waals surface area (Å²) in [6.45, 7) is 29.0. The van der Waals surface area contributed by atoms with Gasteiger partial charge in [0.2, 0.25) is 0 Å². The summed E-state index contributed by atoms with van der Waals surface area (Å²) in [6, 6.07) is 18.2. The van der Waals surface area contributed by atoms with E-state index in [2.05, 4.69) is 109 Å². The molecule has 294 valence electrons. The summed E-state index contributed by atoms with van der Waals surface area (Å²) >= 11 is 0. The van der Waals surface area contributed by atoms with E-state index in [1.54, 1.807) is 0 Å². The van der Waals surface area contributed by atoms with Crippen LogP contribution in [0.25, 0.3) is 65.4 Å². The van der Waals surface area contributed by atoms with Gasteiger partial charge in [0, 0.05) is 0 Å². The first-order chi connectivity index (χ1) is 26.8. The van der Waals surface area contributed by atoms with Crippen molar-refractivity contribution in [3.63, 3.8) is 0 Å². The standard InChI is InChI=1S/C30H20.C14H30.C11H24/c1-15-13-16(2)20-6-10-24-26-12-8-22-18(4)14-17(3)21-7-11-25(30(26)28(21)22)23-9-5-19(15)27(20)29(23)24;1-4-6-8-10-12-14(3)13-11-9-7-5-2;1-3-5-7-9-11-10-8-6-4-2/h5-12H,1-4,13-14H2;14H,4-13H2,1-3H3;3-11H2,1-2H3. The molecule has 0 nitrogen and oxygen atoms in total. The smallest absolute Gasteiger partial charge is 0.00141 e. The van der Waals surface area contributed by atoms with Crippen molar-refractivity contribution in [3.05, 3.63) is 97.1 Å². The first-order valence-electron chi connectivity index (χ1n) is 22.7. The monoisotopic (exact) mass is 735 g/mol. The van der Waals surface area contributed by atoms with E-state index in [9.17, 15) is 0 Å². The minimum Gasteiger partial charge on any atom is -0.0949 e. The molecule has 0 aromatic heterocycles. The number of fused-ring (bicyclic) bond motifs is 2. The van der Waals surface area contributed by atoms with Crippen molar-refractivity contribution >= 4 is 65.4 Å². The fraction of sp³-hybridized carbons (Fsp3) is 0.491. The van der Waals surface area contributed by atoms with E-state index in [0.717, 1.165) is 18.8 Å². The van der Waals surface area contributed by atoms with Crippen LogP contribution in [0.2, 0.25) is 0 Å². The Bertz CT molecular complexity index is 1800. The Morgan fingerprint density at radius 3 is 0.891 bits per heavy atom. The summed E-state index contributed by atoms with van der Waals surface area (Å²) < 4.78 is 0. The molecule has 0 saturated heterocycles. The van der Waals surface area contributed by atoms with E-state index in [4.69, 9.17) is 0 Å². The highest BCUT2D eigenvalue weighted by atomic mass is 14.3. The summed E-state index contributed by atoms with van der Waals surface area (Å²) in [7, 11) is 0. The average molecular weight is 735 g/mol. The number of allylic oxidation sites excluding steroid dienone is 4. The van der Waals surface area contributed by atoms with Gasteiger partial charge < -0.3 is 0 Å². The van der Waals surface area contributed by atoms with Crippen molar-refractivity contribution < 1.29 is 0 Å². The van der Waals surface area contributed by atoms with Crippen molar-refractivity contribution in [2.24, 2.45) is 5.92 Å². The molecule has 0 saturated carbocycles. The minimum atomic E-state index is 0.851. The highest BCUT2D eigenvalue weighted by molar-refractivity contribution is 6.36. The number of unbranched alkanes of at least 4 members (excludes halogenated alkanes) is 14. The van der Waals surface area contributed by atoms with E-state index in [-0.39, 0.29) is 0 Å². The molecule has 0 bridgehead atoms. The quantitative estimate of drug-likeness (QED) is 0.0478. The maximum atomic E-state index is 4.35. The van der Waals surface area contributed by atoms with Gasteiger partial charge in [-0.25, -0.2) is 0 Å². The van der Waals surface area contributed by atoms with Crippen LogP contribution in [-0.2, 0) is 0 Å².